The van der Waals surface area contributed by atoms with Crippen molar-refractivity contribution in [3.8, 4) is 0 Å². The Morgan fingerprint density at radius 2 is 1.82 bits per heavy atom. The molecule has 0 aromatic heterocycles. The number of fused-ring (bicyclic) bond motifs is 1. The van der Waals surface area contributed by atoms with E-state index in [9.17, 15) is 4.79 Å². The van der Waals surface area contributed by atoms with Crippen molar-refractivity contribution >= 4 is 28.3 Å². The van der Waals surface area contributed by atoms with Crippen molar-refractivity contribution in [3.05, 3.63) is 47.5 Å². The normalized spacial score (nSPS) is 10.7. The summed E-state index contributed by atoms with van der Waals surface area (Å²) in [5, 5.41) is 2.26. The van der Waals surface area contributed by atoms with E-state index >= 15 is 0 Å². The van der Waals surface area contributed by atoms with E-state index in [4.69, 9.17) is 0 Å². The molecule has 2 heteroatoms. The zero-order chi connectivity index (χ0) is 12.3. The molecule has 0 heterocycles. The van der Waals surface area contributed by atoms with Crippen LogP contribution < -0.4 is 0 Å². The van der Waals surface area contributed by atoms with Crippen LogP contribution in [0.1, 0.15) is 22.8 Å². The van der Waals surface area contributed by atoms with Crippen molar-refractivity contribution in [2.45, 2.75) is 13.8 Å². The summed E-state index contributed by atoms with van der Waals surface area (Å²) in [6, 6.07) is 12.1. The van der Waals surface area contributed by atoms with Crippen LogP contribution in [0.3, 0.4) is 0 Å². The number of hydrogen-bond acceptors (Lipinski definition) is 2. The fourth-order valence-corrected chi connectivity index (χ4v) is 2.51. The summed E-state index contributed by atoms with van der Waals surface area (Å²) in [6.07, 6.45) is 0. The Kier molecular flexibility index (Phi) is 3.85. The maximum atomic E-state index is 12.1. The first kappa shape index (κ1) is 12.2. The van der Waals surface area contributed by atoms with Gasteiger partial charge in [-0.25, -0.2) is 0 Å². The molecule has 2 rings (SSSR count). The lowest BCUT2D eigenvalue weighted by molar-refractivity contribution is 0.102. The number of carbonyl (C=O) groups is 1. The third-order valence-corrected chi connectivity index (χ3v) is 3.75. The second kappa shape index (κ2) is 5.37. The third kappa shape index (κ3) is 2.52. The molecule has 2 aromatic carbocycles. The maximum absolute atomic E-state index is 12.1. The Bertz CT molecular complexity index is 546. The molecule has 0 spiro atoms. The molecule has 88 valence electrons. The number of aryl methyl sites for hydroxylation is 1. The summed E-state index contributed by atoms with van der Waals surface area (Å²) in [4.78, 5) is 12.1. The Labute approximate surface area is 106 Å². The standard InChI is InChI=1S/C15H16OS/c1-3-17-10-15(16)14-9-8-11(2)12-6-4-5-7-13(12)14/h4-9H,3,10H2,1-2H3. The van der Waals surface area contributed by atoms with Gasteiger partial charge in [-0.3, -0.25) is 4.79 Å². The minimum absolute atomic E-state index is 0.230. The number of benzene rings is 2. The van der Waals surface area contributed by atoms with Crippen molar-refractivity contribution < 1.29 is 4.79 Å². The summed E-state index contributed by atoms with van der Waals surface area (Å²) < 4.78 is 0. The third-order valence-electron chi connectivity index (χ3n) is 2.88. The molecule has 0 amide bonds. The molecule has 17 heavy (non-hydrogen) atoms. The van der Waals surface area contributed by atoms with Gasteiger partial charge in [0.15, 0.2) is 5.78 Å². The summed E-state index contributed by atoms with van der Waals surface area (Å²) in [6.45, 7) is 4.16. The monoisotopic (exact) mass is 244 g/mol. The number of rotatable bonds is 4. The zero-order valence-corrected chi connectivity index (χ0v) is 11.0. The van der Waals surface area contributed by atoms with Crippen molar-refractivity contribution in [2.24, 2.45) is 0 Å². The quantitative estimate of drug-likeness (QED) is 0.754. The van der Waals surface area contributed by atoms with Gasteiger partial charge < -0.3 is 0 Å². The molecule has 0 radical (unpaired) electrons. The Hall–Kier alpha value is -1.28. The fraction of sp³-hybridized carbons (Fsp3) is 0.267. The van der Waals surface area contributed by atoms with Crippen molar-refractivity contribution in [1.29, 1.82) is 0 Å². The molecule has 0 atom stereocenters. The van der Waals surface area contributed by atoms with Crippen LogP contribution in [0, 0.1) is 6.92 Å². The Balaban J connectivity index is 2.48. The molecule has 1 nitrogen and oxygen atoms in total. The van der Waals surface area contributed by atoms with E-state index in [-0.39, 0.29) is 5.78 Å². The lowest BCUT2D eigenvalue weighted by Gasteiger charge is -2.07. The van der Waals surface area contributed by atoms with Crippen molar-refractivity contribution in [3.63, 3.8) is 0 Å². The van der Waals surface area contributed by atoms with Gasteiger partial charge in [0, 0.05) is 5.56 Å². The fourth-order valence-electron chi connectivity index (χ4n) is 1.97. The van der Waals surface area contributed by atoms with Gasteiger partial charge in [0.05, 0.1) is 5.75 Å². The summed E-state index contributed by atoms with van der Waals surface area (Å²) in [5.41, 5.74) is 2.08. The number of hydrogen-bond donors (Lipinski definition) is 0. The van der Waals surface area contributed by atoms with Gasteiger partial charge >= 0.3 is 0 Å². The summed E-state index contributed by atoms with van der Waals surface area (Å²) in [7, 11) is 0. The van der Waals surface area contributed by atoms with Crippen LogP contribution in [0.4, 0.5) is 0 Å². The number of ketones is 1. The minimum Gasteiger partial charge on any atom is -0.293 e. The molecule has 0 aliphatic rings. The molecule has 0 aliphatic carbocycles. The van der Waals surface area contributed by atoms with Crippen LogP contribution in [0.2, 0.25) is 0 Å². The first-order chi connectivity index (χ1) is 8.24. The number of thioether (sulfide) groups is 1. The topological polar surface area (TPSA) is 17.1 Å². The molecule has 0 fully saturated rings. The average Bonchev–Trinajstić information content (AvgIpc) is 2.37. The van der Waals surface area contributed by atoms with Crippen molar-refractivity contribution in [1.82, 2.24) is 0 Å². The van der Waals surface area contributed by atoms with E-state index in [2.05, 4.69) is 19.9 Å². The van der Waals surface area contributed by atoms with E-state index in [1.807, 2.05) is 30.3 Å². The maximum Gasteiger partial charge on any atom is 0.173 e. The molecular weight excluding hydrogens is 228 g/mol. The number of carbonyl (C=O) groups excluding carboxylic acids is 1. The zero-order valence-electron chi connectivity index (χ0n) is 10.2. The summed E-state index contributed by atoms with van der Waals surface area (Å²) >= 11 is 1.67. The highest BCUT2D eigenvalue weighted by atomic mass is 32.2. The number of Topliss-reactive ketones (excluding diaryl/α,β-unsaturated/α-hetero) is 1. The molecule has 0 saturated carbocycles. The second-order valence-electron chi connectivity index (χ2n) is 4.04. The van der Waals surface area contributed by atoms with Crippen LogP contribution in [0.15, 0.2) is 36.4 Å². The SMILES string of the molecule is CCSCC(=O)c1ccc(C)c2ccccc12. The Morgan fingerprint density at radius 1 is 1.12 bits per heavy atom. The second-order valence-corrected chi connectivity index (χ2v) is 5.31. The van der Waals surface area contributed by atoms with Crippen molar-refractivity contribution in [2.75, 3.05) is 11.5 Å². The van der Waals surface area contributed by atoms with E-state index in [1.54, 1.807) is 11.8 Å². The van der Waals surface area contributed by atoms with Crippen LogP contribution in [-0.4, -0.2) is 17.3 Å². The van der Waals surface area contributed by atoms with E-state index < -0.39 is 0 Å². The lowest BCUT2D eigenvalue weighted by atomic mass is 9.98. The Morgan fingerprint density at radius 3 is 2.53 bits per heavy atom. The molecule has 0 bridgehead atoms. The highest BCUT2D eigenvalue weighted by molar-refractivity contribution is 7.99. The molecule has 0 unspecified atom stereocenters. The molecule has 0 saturated heterocycles. The van der Waals surface area contributed by atoms with E-state index in [0.717, 1.165) is 16.7 Å². The predicted molar refractivity (Wildman–Crippen MR) is 76.0 cm³/mol. The van der Waals surface area contributed by atoms with E-state index in [0.29, 0.717) is 5.75 Å². The van der Waals surface area contributed by atoms with Crippen LogP contribution in [-0.2, 0) is 0 Å². The van der Waals surface area contributed by atoms with Crippen LogP contribution in [0.25, 0.3) is 10.8 Å². The summed E-state index contributed by atoms with van der Waals surface area (Å²) in [5.74, 6) is 1.78. The molecule has 0 aliphatic heterocycles. The van der Waals surface area contributed by atoms with Gasteiger partial charge in [-0.05, 0) is 29.0 Å². The van der Waals surface area contributed by atoms with Crippen LogP contribution in [0.5, 0.6) is 0 Å². The van der Waals surface area contributed by atoms with Gasteiger partial charge in [-0.1, -0.05) is 43.3 Å². The molecule has 2 aromatic rings. The average molecular weight is 244 g/mol. The van der Waals surface area contributed by atoms with Crippen LogP contribution >= 0.6 is 11.8 Å². The van der Waals surface area contributed by atoms with Gasteiger partial charge in [0.1, 0.15) is 0 Å². The smallest absolute Gasteiger partial charge is 0.173 e. The van der Waals surface area contributed by atoms with E-state index in [1.165, 1.54) is 10.9 Å². The minimum atomic E-state index is 0.230. The highest BCUT2D eigenvalue weighted by Crippen LogP contribution is 2.23. The first-order valence-corrected chi connectivity index (χ1v) is 6.98. The largest absolute Gasteiger partial charge is 0.293 e. The van der Waals surface area contributed by atoms with Gasteiger partial charge in [0.25, 0.3) is 0 Å². The molecular formula is C15H16OS. The lowest BCUT2D eigenvalue weighted by Crippen LogP contribution is -2.03. The van der Waals surface area contributed by atoms with Gasteiger partial charge in [-0.15, -0.1) is 0 Å². The first-order valence-electron chi connectivity index (χ1n) is 5.83. The molecule has 0 N–H and O–H groups in total. The highest BCUT2D eigenvalue weighted by Gasteiger charge is 2.10. The predicted octanol–water partition coefficient (Wildman–Crippen LogP) is 4.08. The van der Waals surface area contributed by atoms with Gasteiger partial charge in [-0.2, -0.15) is 11.8 Å². The van der Waals surface area contributed by atoms with Gasteiger partial charge in [0.2, 0.25) is 0 Å².